The molecule has 0 unspecified atom stereocenters. The molecule has 1 aliphatic carbocycles. The number of pyridine rings is 1. The second-order valence-corrected chi connectivity index (χ2v) is 8.06. The molecule has 6 atom stereocenters. The Labute approximate surface area is 163 Å². The number of hydrogen-bond acceptors (Lipinski definition) is 3. The lowest BCUT2D eigenvalue weighted by atomic mass is 9.75. The maximum absolute atomic E-state index is 14.4. The molecule has 3 heterocycles. The summed E-state index contributed by atoms with van der Waals surface area (Å²) in [6, 6.07) is 6.36. The van der Waals surface area contributed by atoms with Gasteiger partial charge >= 0.3 is 0 Å². The van der Waals surface area contributed by atoms with Crippen molar-refractivity contribution in [3.8, 4) is 0 Å². The summed E-state index contributed by atoms with van der Waals surface area (Å²) in [6.45, 7) is 0. The fraction of sp³-hybridized carbons (Fsp3) is 0.368. The lowest BCUT2D eigenvalue weighted by Crippen LogP contribution is -2.37. The molecular formula is C19H14Cl2F2N2O2. The van der Waals surface area contributed by atoms with Gasteiger partial charge in [-0.2, -0.15) is 4.39 Å². The normalized spacial score (nSPS) is 33.0. The number of carbonyl (C=O) groups is 1. The summed E-state index contributed by atoms with van der Waals surface area (Å²) in [4.78, 5) is 16.4. The van der Waals surface area contributed by atoms with Gasteiger partial charge < -0.3 is 10.1 Å². The highest BCUT2D eigenvalue weighted by Crippen LogP contribution is 2.65. The number of anilines is 1. The standard InChI is InChI=1S/C19H14Cl2F2N2O2/c20-10-2-1-3-11(14(10)21)25-19(26)13-12(7-4-5-24-18(23)15(7)22)16-8-6-9(8)17(13)27-16/h1-5,8-9,12-13,16-17H,6H2,(H,25,26)/t8-,9+,12+,13+,16-,17+/m1/s1. The minimum absolute atomic E-state index is 0.137. The highest BCUT2D eigenvalue weighted by molar-refractivity contribution is 6.44. The molecule has 1 amide bonds. The van der Waals surface area contributed by atoms with Crippen molar-refractivity contribution in [3.05, 3.63) is 57.8 Å². The Kier molecular flexibility index (Phi) is 3.93. The molecule has 27 heavy (non-hydrogen) atoms. The van der Waals surface area contributed by atoms with Crippen LogP contribution >= 0.6 is 23.2 Å². The molecule has 140 valence electrons. The molecule has 2 aromatic rings. The van der Waals surface area contributed by atoms with Crippen LogP contribution in [0.25, 0.3) is 0 Å². The van der Waals surface area contributed by atoms with Crippen LogP contribution in [0, 0.1) is 29.5 Å². The van der Waals surface area contributed by atoms with Crippen molar-refractivity contribution in [2.75, 3.05) is 5.32 Å². The Morgan fingerprint density at radius 1 is 1.19 bits per heavy atom. The van der Waals surface area contributed by atoms with E-state index in [-0.39, 0.29) is 28.7 Å². The molecule has 1 aromatic heterocycles. The van der Waals surface area contributed by atoms with Crippen LogP contribution in [0.4, 0.5) is 14.5 Å². The number of fused-ring (bicyclic) bond motifs is 5. The van der Waals surface area contributed by atoms with Crippen LogP contribution in [0.2, 0.25) is 10.0 Å². The zero-order valence-electron chi connectivity index (χ0n) is 13.8. The second-order valence-electron chi connectivity index (χ2n) is 7.28. The number of ether oxygens (including phenoxy) is 1. The number of rotatable bonds is 3. The Balaban J connectivity index is 1.50. The van der Waals surface area contributed by atoms with Crippen molar-refractivity contribution < 1.29 is 18.3 Å². The Morgan fingerprint density at radius 3 is 2.78 bits per heavy atom. The van der Waals surface area contributed by atoms with Gasteiger partial charge in [-0.15, -0.1) is 0 Å². The predicted molar refractivity (Wildman–Crippen MR) is 95.7 cm³/mol. The minimum Gasteiger partial charge on any atom is -0.373 e. The number of aromatic nitrogens is 1. The van der Waals surface area contributed by atoms with E-state index in [1.165, 1.54) is 12.3 Å². The topological polar surface area (TPSA) is 51.2 Å². The number of carbonyl (C=O) groups excluding carboxylic acids is 1. The lowest BCUT2D eigenvalue weighted by molar-refractivity contribution is -0.122. The molecule has 2 saturated heterocycles. The average molecular weight is 411 g/mol. The summed E-state index contributed by atoms with van der Waals surface area (Å²) in [7, 11) is 0. The predicted octanol–water partition coefficient (Wildman–Crippen LogP) is 4.42. The van der Waals surface area contributed by atoms with Crippen LogP contribution in [0.15, 0.2) is 30.5 Å². The third-order valence-electron chi connectivity index (χ3n) is 5.89. The first-order valence-electron chi connectivity index (χ1n) is 8.67. The van der Waals surface area contributed by atoms with Crippen molar-refractivity contribution in [1.29, 1.82) is 0 Å². The molecule has 1 aromatic carbocycles. The van der Waals surface area contributed by atoms with E-state index < -0.39 is 23.6 Å². The van der Waals surface area contributed by atoms with Gasteiger partial charge in [0, 0.05) is 17.7 Å². The van der Waals surface area contributed by atoms with Gasteiger partial charge in [0.05, 0.1) is 33.9 Å². The van der Waals surface area contributed by atoms with Gasteiger partial charge in [0.25, 0.3) is 0 Å². The van der Waals surface area contributed by atoms with Crippen LogP contribution < -0.4 is 5.32 Å². The third kappa shape index (κ3) is 2.57. The number of halogens is 4. The second kappa shape index (κ2) is 6.12. The van der Waals surface area contributed by atoms with Crippen molar-refractivity contribution in [3.63, 3.8) is 0 Å². The molecular weight excluding hydrogens is 397 g/mol. The first-order chi connectivity index (χ1) is 13.0. The largest absolute Gasteiger partial charge is 0.373 e. The Morgan fingerprint density at radius 2 is 1.96 bits per heavy atom. The molecule has 3 aliphatic rings. The first-order valence-corrected chi connectivity index (χ1v) is 9.43. The Bertz CT molecular complexity index is 957. The highest BCUT2D eigenvalue weighted by atomic mass is 35.5. The van der Waals surface area contributed by atoms with E-state index in [0.717, 1.165) is 6.42 Å². The molecule has 3 fully saturated rings. The maximum Gasteiger partial charge on any atom is 0.249 e. The van der Waals surface area contributed by atoms with E-state index in [2.05, 4.69) is 10.3 Å². The summed E-state index contributed by atoms with van der Waals surface area (Å²) >= 11 is 12.2. The molecule has 2 aliphatic heterocycles. The smallest absolute Gasteiger partial charge is 0.249 e. The van der Waals surface area contributed by atoms with Crippen molar-refractivity contribution in [1.82, 2.24) is 4.98 Å². The maximum atomic E-state index is 14.4. The van der Waals surface area contributed by atoms with Gasteiger partial charge in [-0.1, -0.05) is 29.3 Å². The number of benzene rings is 1. The number of nitrogens with zero attached hydrogens (tertiary/aromatic N) is 1. The summed E-state index contributed by atoms with van der Waals surface area (Å²) in [6.07, 6.45) is 1.57. The molecule has 1 saturated carbocycles. The van der Waals surface area contributed by atoms with Crippen LogP contribution in [0.1, 0.15) is 17.9 Å². The molecule has 4 nitrogen and oxygen atoms in total. The van der Waals surface area contributed by atoms with Crippen molar-refractivity contribution in [2.24, 2.45) is 17.8 Å². The van der Waals surface area contributed by atoms with Gasteiger partial charge in [0.1, 0.15) is 0 Å². The third-order valence-corrected chi connectivity index (χ3v) is 6.71. The van der Waals surface area contributed by atoms with Crippen LogP contribution in [-0.4, -0.2) is 23.1 Å². The fourth-order valence-electron chi connectivity index (χ4n) is 4.67. The number of amides is 1. The summed E-state index contributed by atoms with van der Waals surface area (Å²) in [5, 5.41) is 3.34. The SMILES string of the molecule is O=C(Nc1cccc(Cl)c1Cl)[C@@H]1[C@H]2O[C@H]([C@@H]3C[C@@H]32)[C@H]1c1ccnc(F)c1F. The van der Waals surface area contributed by atoms with E-state index >= 15 is 0 Å². The van der Waals surface area contributed by atoms with Gasteiger partial charge in [-0.3, -0.25) is 4.79 Å². The van der Waals surface area contributed by atoms with E-state index in [4.69, 9.17) is 27.9 Å². The average Bonchev–Trinajstić information content (AvgIpc) is 3.26. The number of nitrogens with one attached hydrogen (secondary N) is 1. The first kappa shape index (κ1) is 17.3. The van der Waals surface area contributed by atoms with Gasteiger partial charge in [-0.05, 0) is 36.5 Å². The highest BCUT2D eigenvalue weighted by Gasteiger charge is 2.69. The lowest BCUT2D eigenvalue weighted by Gasteiger charge is -2.27. The van der Waals surface area contributed by atoms with E-state index in [1.54, 1.807) is 18.2 Å². The van der Waals surface area contributed by atoms with Crippen molar-refractivity contribution >= 4 is 34.8 Å². The molecule has 8 heteroatoms. The summed E-state index contributed by atoms with van der Waals surface area (Å²) < 4.78 is 34.1. The minimum atomic E-state index is -1.17. The van der Waals surface area contributed by atoms with Crippen molar-refractivity contribution in [2.45, 2.75) is 24.5 Å². The van der Waals surface area contributed by atoms with Crippen LogP contribution in [0.3, 0.4) is 0 Å². The fourth-order valence-corrected chi connectivity index (χ4v) is 5.02. The molecule has 2 bridgehead atoms. The van der Waals surface area contributed by atoms with E-state index in [9.17, 15) is 13.6 Å². The van der Waals surface area contributed by atoms with Crippen LogP contribution in [-0.2, 0) is 9.53 Å². The molecule has 0 radical (unpaired) electrons. The van der Waals surface area contributed by atoms with Gasteiger partial charge in [-0.25, -0.2) is 9.37 Å². The summed E-state index contributed by atoms with van der Waals surface area (Å²) in [5.74, 6) is -3.12. The molecule has 5 rings (SSSR count). The zero-order chi connectivity index (χ0) is 18.9. The zero-order valence-corrected chi connectivity index (χ0v) is 15.3. The quantitative estimate of drug-likeness (QED) is 0.761. The number of hydrogen-bond donors (Lipinski definition) is 1. The summed E-state index contributed by atoms with van der Waals surface area (Å²) in [5.41, 5.74) is 0.516. The van der Waals surface area contributed by atoms with E-state index in [1.807, 2.05) is 0 Å². The molecule has 1 N–H and O–H groups in total. The van der Waals surface area contributed by atoms with E-state index in [0.29, 0.717) is 22.5 Å². The van der Waals surface area contributed by atoms with Gasteiger partial charge in [0.15, 0.2) is 5.82 Å². The van der Waals surface area contributed by atoms with Crippen LogP contribution in [0.5, 0.6) is 0 Å². The van der Waals surface area contributed by atoms with Gasteiger partial charge in [0.2, 0.25) is 11.9 Å². The monoisotopic (exact) mass is 410 g/mol. The Hall–Kier alpha value is -1.76. The molecule has 0 spiro atoms.